The maximum atomic E-state index is 10.7. The first-order chi connectivity index (χ1) is 7.50. The highest BCUT2D eigenvalue weighted by atomic mass is 32.2. The number of thioether (sulfide) groups is 1. The zero-order valence-electron chi connectivity index (χ0n) is 9.21. The number of anilines is 1. The van der Waals surface area contributed by atoms with E-state index in [0.717, 1.165) is 12.3 Å². The zero-order chi connectivity index (χ0) is 12.1. The van der Waals surface area contributed by atoms with Crippen LogP contribution in [0.1, 0.15) is 0 Å². The second-order valence-electron chi connectivity index (χ2n) is 3.47. The van der Waals surface area contributed by atoms with Gasteiger partial charge in [0.25, 0.3) is 0 Å². The molecule has 88 valence electrons. The van der Waals surface area contributed by atoms with Gasteiger partial charge in [0.15, 0.2) is 5.03 Å². The number of nitrogen functional groups attached to an aromatic ring is 1. The molecule has 6 nitrogen and oxygen atoms in total. The van der Waals surface area contributed by atoms with Crippen LogP contribution in [0.25, 0.3) is 0 Å². The average Bonchev–Trinajstić information content (AvgIpc) is 2.16. The minimum atomic E-state index is -0.440. The van der Waals surface area contributed by atoms with Gasteiger partial charge in [-0.05, 0) is 20.2 Å². The zero-order valence-corrected chi connectivity index (χ0v) is 10.0. The predicted molar refractivity (Wildman–Crippen MR) is 64.6 cm³/mol. The maximum absolute atomic E-state index is 10.7. The SMILES string of the molecule is CN(C)CCSc1nc(N)ccc1[N+](=O)[O-]. The van der Waals surface area contributed by atoms with Crippen molar-refractivity contribution in [3.8, 4) is 0 Å². The Morgan fingerprint density at radius 2 is 2.25 bits per heavy atom. The molecular formula is C9H14N4O2S. The molecule has 0 bridgehead atoms. The Morgan fingerprint density at radius 3 is 2.81 bits per heavy atom. The molecule has 0 aliphatic rings. The predicted octanol–water partition coefficient (Wildman–Crippen LogP) is 1.23. The molecule has 1 aromatic heterocycles. The van der Waals surface area contributed by atoms with E-state index in [-0.39, 0.29) is 5.69 Å². The lowest BCUT2D eigenvalue weighted by Gasteiger charge is -2.08. The largest absolute Gasteiger partial charge is 0.384 e. The molecule has 0 aliphatic carbocycles. The van der Waals surface area contributed by atoms with Crippen molar-refractivity contribution in [2.75, 3.05) is 32.1 Å². The molecule has 1 rings (SSSR count). The van der Waals surface area contributed by atoms with Crippen molar-refractivity contribution in [2.24, 2.45) is 0 Å². The lowest BCUT2D eigenvalue weighted by atomic mass is 10.4. The molecule has 1 heterocycles. The number of nitro groups is 1. The Hall–Kier alpha value is -1.34. The number of hydrogen-bond donors (Lipinski definition) is 1. The summed E-state index contributed by atoms with van der Waals surface area (Å²) < 4.78 is 0. The van der Waals surface area contributed by atoms with Crippen molar-refractivity contribution in [1.29, 1.82) is 0 Å². The van der Waals surface area contributed by atoms with Crippen LogP contribution in [0.5, 0.6) is 0 Å². The van der Waals surface area contributed by atoms with E-state index >= 15 is 0 Å². The van der Waals surface area contributed by atoms with Crippen LogP contribution in [0.4, 0.5) is 11.5 Å². The molecule has 2 N–H and O–H groups in total. The summed E-state index contributed by atoms with van der Waals surface area (Å²) in [6.07, 6.45) is 0. The number of nitrogens with zero attached hydrogens (tertiary/aromatic N) is 3. The lowest BCUT2D eigenvalue weighted by Crippen LogP contribution is -2.15. The van der Waals surface area contributed by atoms with Gasteiger partial charge in [-0.3, -0.25) is 10.1 Å². The number of hydrogen-bond acceptors (Lipinski definition) is 6. The van der Waals surface area contributed by atoms with Gasteiger partial charge in [0, 0.05) is 18.4 Å². The number of rotatable bonds is 5. The van der Waals surface area contributed by atoms with E-state index in [0.29, 0.717) is 10.8 Å². The third-order valence-corrected chi connectivity index (χ3v) is 2.80. The molecule has 0 radical (unpaired) electrons. The summed E-state index contributed by atoms with van der Waals surface area (Å²) in [6, 6.07) is 2.83. The van der Waals surface area contributed by atoms with Crippen molar-refractivity contribution in [1.82, 2.24) is 9.88 Å². The first kappa shape index (κ1) is 12.7. The molecule has 0 spiro atoms. The average molecular weight is 242 g/mol. The van der Waals surface area contributed by atoms with Crippen LogP contribution in [0, 0.1) is 10.1 Å². The fourth-order valence-corrected chi connectivity index (χ4v) is 2.13. The van der Waals surface area contributed by atoms with Gasteiger partial charge >= 0.3 is 5.69 Å². The quantitative estimate of drug-likeness (QED) is 0.475. The normalized spacial score (nSPS) is 10.7. The summed E-state index contributed by atoms with van der Waals surface area (Å²) in [4.78, 5) is 16.3. The molecule has 0 amide bonds. The first-order valence-electron chi connectivity index (χ1n) is 4.69. The van der Waals surface area contributed by atoms with Crippen molar-refractivity contribution in [2.45, 2.75) is 5.03 Å². The molecule has 7 heteroatoms. The van der Waals surface area contributed by atoms with Gasteiger partial charge < -0.3 is 10.6 Å². The van der Waals surface area contributed by atoms with E-state index in [4.69, 9.17) is 5.73 Å². The molecular weight excluding hydrogens is 228 g/mol. The van der Waals surface area contributed by atoms with Crippen molar-refractivity contribution in [3.05, 3.63) is 22.2 Å². The van der Waals surface area contributed by atoms with Crippen LogP contribution in [0.2, 0.25) is 0 Å². The third-order valence-electron chi connectivity index (χ3n) is 1.84. The molecule has 1 aromatic rings. The van der Waals surface area contributed by atoms with Crippen LogP contribution < -0.4 is 5.73 Å². The second-order valence-corrected chi connectivity index (χ2v) is 4.55. The van der Waals surface area contributed by atoms with E-state index in [1.54, 1.807) is 0 Å². The number of nitrogens with two attached hydrogens (primary N) is 1. The van der Waals surface area contributed by atoms with Gasteiger partial charge in [-0.1, -0.05) is 11.8 Å². The number of aromatic nitrogens is 1. The van der Waals surface area contributed by atoms with Gasteiger partial charge in [-0.15, -0.1) is 0 Å². The summed E-state index contributed by atoms with van der Waals surface area (Å²) in [5, 5.41) is 11.1. The molecule has 0 unspecified atom stereocenters. The standard InChI is InChI=1S/C9H14N4O2S/c1-12(2)5-6-16-9-7(13(14)15)3-4-8(10)11-9/h3-4H,5-6H2,1-2H3,(H2,10,11). The van der Waals surface area contributed by atoms with Gasteiger partial charge in [0.2, 0.25) is 0 Å². The smallest absolute Gasteiger partial charge is 0.301 e. The van der Waals surface area contributed by atoms with E-state index < -0.39 is 4.92 Å². The van der Waals surface area contributed by atoms with E-state index in [2.05, 4.69) is 4.98 Å². The Labute approximate surface area is 98.0 Å². The summed E-state index contributed by atoms with van der Waals surface area (Å²) in [7, 11) is 3.89. The Bertz CT molecular complexity index is 384. The molecule has 0 saturated heterocycles. The van der Waals surface area contributed by atoms with Crippen LogP contribution in [0.3, 0.4) is 0 Å². The molecule has 0 atom stereocenters. The Kier molecular flexibility index (Phi) is 4.51. The van der Waals surface area contributed by atoms with Gasteiger partial charge in [-0.2, -0.15) is 0 Å². The summed E-state index contributed by atoms with van der Waals surface area (Å²) in [5.41, 5.74) is 5.51. The van der Waals surface area contributed by atoms with Crippen molar-refractivity contribution >= 4 is 23.3 Å². The van der Waals surface area contributed by atoms with Crippen molar-refractivity contribution < 1.29 is 4.92 Å². The van der Waals surface area contributed by atoms with Gasteiger partial charge in [-0.25, -0.2) is 4.98 Å². The number of pyridine rings is 1. The summed E-state index contributed by atoms with van der Waals surface area (Å²) in [5.74, 6) is 1.04. The van der Waals surface area contributed by atoms with Crippen LogP contribution in [-0.4, -0.2) is 41.2 Å². The van der Waals surface area contributed by atoms with Gasteiger partial charge in [0.1, 0.15) is 5.82 Å². The van der Waals surface area contributed by atoms with Gasteiger partial charge in [0.05, 0.1) is 4.92 Å². The molecule has 0 saturated carbocycles. The highest BCUT2D eigenvalue weighted by Gasteiger charge is 2.15. The highest BCUT2D eigenvalue weighted by Crippen LogP contribution is 2.27. The van der Waals surface area contributed by atoms with Crippen LogP contribution >= 0.6 is 11.8 Å². The fourth-order valence-electron chi connectivity index (χ4n) is 1.02. The van der Waals surface area contributed by atoms with E-state index in [1.165, 1.54) is 23.9 Å². The molecule has 0 aromatic carbocycles. The Balaban J connectivity index is 2.76. The minimum absolute atomic E-state index is 0.0120. The van der Waals surface area contributed by atoms with Crippen LogP contribution in [-0.2, 0) is 0 Å². The lowest BCUT2D eigenvalue weighted by molar-refractivity contribution is -0.388. The summed E-state index contributed by atoms with van der Waals surface area (Å²) in [6.45, 7) is 0.832. The summed E-state index contributed by atoms with van der Waals surface area (Å²) >= 11 is 1.34. The van der Waals surface area contributed by atoms with E-state index in [9.17, 15) is 10.1 Å². The van der Waals surface area contributed by atoms with Crippen LogP contribution in [0.15, 0.2) is 17.2 Å². The highest BCUT2D eigenvalue weighted by molar-refractivity contribution is 7.99. The maximum Gasteiger partial charge on any atom is 0.301 e. The third kappa shape index (κ3) is 3.67. The van der Waals surface area contributed by atoms with E-state index in [1.807, 2.05) is 19.0 Å². The molecule has 0 aliphatic heterocycles. The topological polar surface area (TPSA) is 85.3 Å². The fraction of sp³-hybridized carbons (Fsp3) is 0.444. The minimum Gasteiger partial charge on any atom is -0.384 e. The first-order valence-corrected chi connectivity index (χ1v) is 5.67. The molecule has 0 fully saturated rings. The molecule has 16 heavy (non-hydrogen) atoms. The Morgan fingerprint density at radius 1 is 1.56 bits per heavy atom. The second kappa shape index (κ2) is 5.66. The monoisotopic (exact) mass is 242 g/mol. The van der Waals surface area contributed by atoms with Crippen molar-refractivity contribution in [3.63, 3.8) is 0 Å².